The zero-order valence-electron chi connectivity index (χ0n) is 9.28. The molecule has 0 radical (unpaired) electrons. The first-order valence-corrected chi connectivity index (χ1v) is 5.85. The first-order chi connectivity index (χ1) is 8.74. The Bertz CT molecular complexity index is 553. The maximum absolute atomic E-state index is 11.5. The van der Waals surface area contributed by atoms with Crippen molar-refractivity contribution in [2.24, 2.45) is 5.10 Å². The first-order valence-electron chi connectivity index (χ1n) is 5.04. The monoisotopic (exact) mass is 262 g/mol. The third kappa shape index (κ3) is 3.59. The average Bonchev–Trinajstić information content (AvgIpc) is 2.76. The summed E-state index contributed by atoms with van der Waals surface area (Å²) in [6.07, 6.45) is 4.94. The molecule has 0 aliphatic rings. The Balaban J connectivity index is 1.83. The standard InChI is InChI=1S/C10H10N6OS/c11-10-16-15-9(18-10)5-8(17)14-13-6-7-1-3-12-4-2-7/h1-4,6H,5H2,(H2,11,16)(H,14,17)/b13-6-. The molecule has 0 atom stereocenters. The van der Waals surface area contributed by atoms with E-state index in [4.69, 9.17) is 5.73 Å². The van der Waals surface area contributed by atoms with Gasteiger partial charge in [-0.2, -0.15) is 5.10 Å². The maximum atomic E-state index is 11.5. The van der Waals surface area contributed by atoms with E-state index in [0.29, 0.717) is 10.1 Å². The number of amides is 1. The summed E-state index contributed by atoms with van der Waals surface area (Å²) in [5.74, 6) is -0.267. The number of nitrogens with one attached hydrogen (secondary N) is 1. The third-order valence-electron chi connectivity index (χ3n) is 1.90. The van der Waals surface area contributed by atoms with Crippen molar-refractivity contribution in [2.75, 3.05) is 5.73 Å². The van der Waals surface area contributed by atoms with E-state index >= 15 is 0 Å². The number of carbonyl (C=O) groups excluding carboxylic acids is 1. The molecule has 2 rings (SSSR count). The lowest BCUT2D eigenvalue weighted by Crippen LogP contribution is -2.19. The molecule has 0 unspecified atom stereocenters. The van der Waals surface area contributed by atoms with Crippen molar-refractivity contribution in [2.45, 2.75) is 6.42 Å². The van der Waals surface area contributed by atoms with Crippen LogP contribution in [0.2, 0.25) is 0 Å². The molecule has 0 aromatic carbocycles. The van der Waals surface area contributed by atoms with Crippen molar-refractivity contribution in [3.8, 4) is 0 Å². The molecular weight excluding hydrogens is 252 g/mol. The number of hydrogen-bond acceptors (Lipinski definition) is 7. The number of nitrogens with zero attached hydrogens (tertiary/aromatic N) is 4. The lowest BCUT2D eigenvalue weighted by atomic mass is 10.3. The number of rotatable bonds is 4. The predicted molar refractivity (Wildman–Crippen MR) is 68.0 cm³/mol. The van der Waals surface area contributed by atoms with Crippen molar-refractivity contribution in [3.05, 3.63) is 35.1 Å². The molecule has 8 heteroatoms. The highest BCUT2D eigenvalue weighted by molar-refractivity contribution is 7.15. The summed E-state index contributed by atoms with van der Waals surface area (Å²) in [5.41, 5.74) is 8.66. The number of hydrogen-bond donors (Lipinski definition) is 2. The Kier molecular flexibility index (Phi) is 3.92. The molecule has 1 amide bonds. The molecule has 0 fully saturated rings. The second kappa shape index (κ2) is 5.82. The van der Waals surface area contributed by atoms with Gasteiger partial charge in [0.2, 0.25) is 11.0 Å². The molecule has 0 aliphatic heterocycles. The van der Waals surface area contributed by atoms with Crippen LogP contribution >= 0.6 is 11.3 Å². The quantitative estimate of drug-likeness (QED) is 0.605. The summed E-state index contributed by atoms with van der Waals surface area (Å²) in [7, 11) is 0. The second-order valence-corrected chi connectivity index (χ2v) is 4.38. The Morgan fingerprint density at radius 1 is 1.44 bits per heavy atom. The fourth-order valence-electron chi connectivity index (χ4n) is 1.14. The first kappa shape index (κ1) is 12.1. The van der Waals surface area contributed by atoms with Gasteiger partial charge >= 0.3 is 0 Å². The van der Waals surface area contributed by atoms with E-state index in [1.165, 1.54) is 17.6 Å². The van der Waals surface area contributed by atoms with E-state index in [0.717, 1.165) is 5.56 Å². The van der Waals surface area contributed by atoms with Gasteiger partial charge in [0.15, 0.2) is 0 Å². The van der Waals surface area contributed by atoms with Crippen LogP contribution in [0.4, 0.5) is 5.13 Å². The lowest BCUT2D eigenvalue weighted by molar-refractivity contribution is -0.120. The molecule has 2 aromatic heterocycles. The number of nitrogens with two attached hydrogens (primary N) is 1. The van der Waals surface area contributed by atoms with E-state index in [9.17, 15) is 4.79 Å². The molecule has 0 aliphatic carbocycles. The van der Waals surface area contributed by atoms with Crippen LogP contribution in [0.1, 0.15) is 10.6 Å². The second-order valence-electron chi connectivity index (χ2n) is 3.28. The van der Waals surface area contributed by atoms with Crippen LogP contribution in [0.5, 0.6) is 0 Å². The van der Waals surface area contributed by atoms with E-state index in [1.54, 1.807) is 24.5 Å². The van der Waals surface area contributed by atoms with Gasteiger partial charge in [-0.3, -0.25) is 9.78 Å². The fraction of sp³-hybridized carbons (Fsp3) is 0.100. The molecule has 0 saturated heterocycles. The van der Waals surface area contributed by atoms with E-state index in [-0.39, 0.29) is 12.3 Å². The fourth-order valence-corrected chi connectivity index (χ4v) is 1.75. The van der Waals surface area contributed by atoms with Gasteiger partial charge in [-0.1, -0.05) is 11.3 Å². The van der Waals surface area contributed by atoms with Crippen LogP contribution in [0.25, 0.3) is 0 Å². The summed E-state index contributed by atoms with van der Waals surface area (Å²) < 4.78 is 0. The highest BCUT2D eigenvalue weighted by atomic mass is 32.1. The minimum atomic E-state index is -0.267. The van der Waals surface area contributed by atoms with Crippen LogP contribution in [-0.4, -0.2) is 27.3 Å². The van der Waals surface area contributed by atoms with Gasteiger partial charge in [0.1, 0.15) is 5.01 Å². The number of carbonyl (C=O) groups is 1. The molecular formula is C10H10N6OS. The van der Waals surface area contributed by atoms with Crippen LogP contribution in [-0.2, 0) is 11.2 Å². The molecule has 2 aromatic rings. The van der Waals surface area contributed by atoms with Gasteiger partial charge in [-0.25, -0.2) is 5.43 Å². The Labute approximate surface area is 107 Å². The van der Waals surface area contributed by atoms with Gasteiger partial charge in [0.05, 0.1) is 12.6 Å². The van der Waals surface area contributed by atoms with E-state index in [2.05, 4.69) is 25.7 Å². The van der Waals surface area contributed by atoms with Gasteiger partial charge in [0, 0.05) is 12.4 Å². The maximum Gasteiger partial charge on any atom is 0.247 e. The van der Waals surface area contributed by atoms with Gasteiger partial charge in [-0.15, -0.1) is 10.2 Å². The molecule has 92 valence electrons. The lowest BCUT2D eigenvalue weighted by Gasteiger charge is -1.95. The number of anilines is 1. The zero-order chi connectivity index (χ0) is 12.8. The van der Waals surface area contributed by atoms with Crippen molar-refractivity contribution in [1.82, 2.24) is 20.6 Å². The smallest absolute Gasteiger partial charge is 0.247 e. The Hall–Kier alpha value is -2.35. The van der Waals surface area contributed by atoms with Gasteiger partial charge in [-0.05, 0) is 17.7 Å². The summed E-state index contributed by atoms with van der Waals surface area (Å²) in [6.45, 7) is 0. The number of aromatic nitrogens is 3. The van der Waals surface area contributed by atoms with Gasteiger partial charge < -0.3 is 5.73 Å². The molecule has 0 spiro atoms. The van der Waals surface area contributed by atoms with Crippen LogP contribution in [0.15, 0.2) is 29.6 Å². The molecule has 3 N–H and O–H groups in total. The topological polar surface area (TPSA) is 106 Å². The zero-order valence-corrected chi connectivity index (χ0v) is 10.1. The summed E-state index contributed by atoms with van der Waals surface area (Å²) >= 11 is 1.18. The van der Waals surface area contributed by atoms with Crippen LogP contribution in [0.3, 0.4) is 0 Å². The SMILES string of the molecule is Nc1nnc(CC(=O)N/N=C\c2ccncc2)s1. The highest BCUT2D eigenvalue weighted by Crippen LogP contribution is 2.10. The number of hydrazone groups is 1. The largest absolute Gasteiger partial charge is 0.374 e. The van der Waals surface area contributed by atoms with Crippen molar-refractivity contribution in [1.29, 1.82) is 0 Å². The minimum Gasteiger partial charge on any atom is -0.374 e. The summed E-state index contributed by atoms with van der Waals surface area (Å²) in [4.78, 5) is 15.3. The minimum absolute atomic E-state index is 0.114. The normalized spacial score (nSPS) is 10.7. The number of nitrogen functional groups attached to an aromatic ring is 1. The van der Waals surface area contributed by atoms with Crippen LogP contribution in [0, 0.1) is 0 Å². The van der Waals surface area contributed by atoms with Crippen LogP contribution < -0.4 is 11.2 Å². The molecule has 2 heterocycles. The molecule has 18 heavy (non-hydrogen) atoms. The van der Waals surface area contributed by atoms with Crippen molar-refractivity contribution in [3.63, 3.8) is 0 Å². The summed E-state index contributed by atoms with van der Waals surface area (Å²) in [5, 5.41) is 12.1. The van der Waals surface area contributed by atoms with E-state index < -0.39 is 0 Å². The summed E-state index contributed by atoms with van der Waals surface area (Å²) in [6, 6.07) is 3.56. The van der Waals surface area contributed by atoms with Crippen molar-refractivity contribution < 1.29 is 4.79 Å². The Morgan fingerprint density at radius 3 is 2.89 bits per heavy atom. The number of pyridine rings is 1. The average molecular weight is 262 g/mol. The predicted octanol–water partition coefficient (Wildman–Crippen LogP) is 0.208. The highest BCUT2D eigenvalue weighted by Gasteiger charge is 2.06. The Morgan fingerprint density at radius 2 is 2.22 bits per heavy atom. The van der Waals surface area contributed by atoms with E-state index in [1.807, 2.05) is 0 Å². The third-order valence-corrected chi connectivity index (χ3v) is 2.66. The molecule has 0 saturated carbocycles. The molecule has 7 nitrogen and oxygen atoms in total. The molecule has 0 bridgehead atoms. The van der Waals surface area contributed by atoms with Crippen molar-refractivity contribution >= 4 is 28.6 Å². The van der Waals surface area contributed by atoms with Gasteiger partial charge in [0.25, 0.3) is 0 Å².